The second kappa shape index (κ2) is 9.99. The van der Waals surface area contributed by atoms with E-state index in [0.717, 1.165) is 10.5 Å². The molecule has 0 aromatic heterocycles. The van der Waals surface area contributed by atoms with Crippen LogP contribution in [0.3, 0.4) is 0 Å². The highest BCUT2D eigenvalue weighted by molar-refractivity contribution is 6.39. The molecule has 1 fully saturated rings. The van der Waals surface area contributed by atoms with Crippen LogP contribution in [-0.4, -0.2) is 25.0 Å². The number of imide groups is 2. The molecule has 0 aliphatic carbocycles. The van der Waals surface area contributed by atoms with Gasteiger partial charge in [-0.15, -0.1) is 0 Å². The number of hydrogen-bond acceptors (Lipinski definition) is 5. The number of nitrogens with one attached hydrogen (secondary N) is 1. The van der Waals surface area contributed by atoms with E-state index in [-0.39, 0.29) is 17.2 Å². The molecule has 1 N–H and O–H groups in total. The third-order valence-corrected chi connectivity index (χ3v) is 5.47. The highest BCUT2D eigenvalue weighted by Gasteiger charge is 2.36. The fraction of sp³-hybridized carbons (Fsp3) is 0.0800. The SMILES string of the molecule is COc1cc(/C=C2\C(=O)NC(=O)N(c3ccccc3)C2=O)cc(Cl)c1OCc1cccc(Cl)c1. The first-order chi connectivity index (χ1) is 16.4. The number of carbonyl (C=O) groups is 3. The standard InChI is InChI=1S/C25H18Cl2N2O5/c1-33-21-13-16(12-20(27)22(21)34-14-15-6-5-7-17(26)10-15)11-19-23(30)28-25(32)29(24(19)31)18-8-3-2-4-9-18/h2-13H,14H2,1H3,(H,28,30,32)/b19-11+. The lowest BCUT2D eigenvalue weighted by atomic mass is 10.1. The van der Waals surface area contributed by atoms with Gasteiger partial charge in [-0.1, -0.05) is 53.5 Å². The van der Waals surface area contributed by atoms with Gasteiger partial charge in [-0.2, -0.15) is 0 Å². The molecule has 34 heavy (non-hydrogen) atoms. The lowest BCUT2D eigenvalue weighted by molar-refractivity contribution is -0.122. The van der Waals surface area contributed by atoms with Crippen molar-refractivity contribution in [1.82, 2.24) is 5.32 Å². The predicted octanol–water partition coefficient (Wildman–Crippen LogP) is 5.25. The summed E-state index contributed by atoms with van der Waals surface area (Å²) in [5.41, 5.74) is 1.36. The molecule has 0 unspecified atom stereocenters. The second-order valence-corrected chi connectivity index (χ2v) is 8.09. The van der Waals surface area contributed by atoms with Gasteiger partial charge in [-0.3, -0.25) is 14.9 Å². The zero-order valence-corrected chi connectivity index (χ0v) is 19.4. The fourth-order valence-electron chi connectivity index (χ4n) is 3.38. The van der Waals surface area contributed by atoms with E-state index in [1.165, 1.54) is 19.3 Å². The maximum atomic E-state index is 13.0. The lowest BCUT2D eigenvalue weighted by Crippen LogP contribution is -2.54. The van der Waals surface area contributed by atoms with Crippen molar-refractivity contribution in [1.29, 1.82) is 0 Å². The summed E-state index contributed by atoms with van der Waals surface area (Å²) in [5.74, 6) is -0.956. The largest absolute Gasteiger partial charge is 0.493 e. The molecule has 172 valence electrons. The molecule has 0 atom stereocenters. The maximum Gasteiger partial charge on any atom is 0.335 e. The number of hydrogen-bond donors (Lipinski definition) is 1. The molecule has 1 heterocycles. The number of rotatable bonds is 6. The molecule has 0 saturated carbocycles. The van der Waals surface area contributed by atoms with Crippen LogP contribution in [0.4, 0.5) is 10.5 Å². The quantitative estimate of drug-likeness (QED) is 0.372. The number of para-hydroxylation sites is 1. The van der Waals surface area contributed by atoms with E-state index in [9.17, 15) is 14.4 Å². The molecule has 1 aliphatic rings. The summed E-state index contributed by atoms with van der Waals surface area (Å²) in [6.07, 6.45) is 1.34. The van der Waals surface area contributed by atoms with E-state index < -0.39 is 17.8 Å². The van der Waals surface area contributed by atoms with Crippen molar-refractivity contribution in [3.8, 4) is 11.5 Å². The highest BCUT2D eigenvalue weighted by Crippen LogP contribution is 2.38. The first-order valence-electron chi connectivity index (χ1n) is 10.1. The van der Waals surface area contributed by atoms with Crippen molar-refractivity contribution in [2.45, 2.75) is 6.61 Å². The van der Waals surface area contributed by atoms with Gasteiger partial charge >= 0.3 is 6.03 Å². The average molecular weight is 497 g/mol. The number of benzene rings is 3. The molecule has 4 rings (SSSR count). The number of halogens is 2. The molecule has 3 aromatic carbocycles. The Morgan fingerprint density at radius 3 is 2.44 bits per heavy atom. The number of amides is 4. The third-order valence-electron chi connectivity index (χ3n) is 4.95. The number of barbiturate groups is 1. The molecule has 7 nitrogen and oxygen atoms in total. The van der Waals surface area contributed by atoms with Crippen molar-refractivity contribution in [3.63, 3.8) is 0 Å². The number of carbonyl (C=O) groups excluding carboxylic acids is 3. The van der Waals surface area contributed by atoms with E-state index >= 15 is 0 Å². The van der Waals surface area contributed by atoms with Gasteiger partial charge in [0, 0.05) is 5.02 Å². The van der Waals surface area contributed by atoms with Crippen LogP contribution in [0, 0.1) is 0 Å². The van der Waals surface area contributed by atoms with E-state index in [1.807, 2.05) is 12.1 Å². The van der Waals surface area contributed by atoms with Gasteiger partial charge in [-0.25, -0.2) is 9.69 Å². The molecule has 9 heteroatoms. The van der Waals surface area contributed by atoms with Crippen LogP contribution in [0.5, 0.6) is 11.5 Å². The van der Waals surface area contributed by atoms with Crippen LogP contribution >= 0.6 is 23.2 Å². The van der Waals surface area contributed by atoms with Crippen LogP contribution in [-0.2, 0) is 16.2 Å². The zero-order chi connectivity index (χ0) is 24.2. The molecule has 0 spiro atoms. The van der Waals surface area contributed by atoms with Crippen molar-refractivity contribution in [2.24, 2.45) is 0 Å². The first kappa shape index (κ1) is 23.4. The number of methoxy groups -OCH3 is 1. The number of urea groups is 1. The van der Waals surface area contributed by atoms with Crippen molar-refractivity contribution in [3.05, 3.63) is 93.5 Å². The molecule has 1 saturated heterocycles. The predicted molar refractivity (Wildman–Crippen MR) is 129 cm³/mol. The summed E-state index contributed by atoms with van der Waals surface area (Å²) in [6, 6.07) is 17.8. The van der Waals surface area contributed by atoms with E-state index in [1.54, 1.807) is 48.5 Å². The Balaban J connectivity index is 1.64. The third kappa shape index (κ3) is 4.90. The van der Waals surface area contributed by atoms with Crippen LogP contribution in [0.1, 0.15) is 11.1 Å². The second-order valence-electron chi connectivity index (χ2n) is 7.25. The molecule has 0 radical (unpaired) electrons. The van der Waals surface area contributed by atoms with Crippen LogP contribution < -0.4 is 19.7 Å². The van der Waals surface area contributed by atoms with E-state index in [2.05, 4.69) is 5.32 Å². The van der Waals surface area contributed by atoms with Crippen LogP contribution in [0.25, 0.3) is 6.08 Å². The van der Waals surface area contributed by atoms with Gasteiger partial charge in [0.15, 0.2) is 11.5 Å². The average Bonchev–Trinajstić information content (AvgIpc) is 2.81. The molecular weight excluding hydrogens is 479 g/mol. The van der Waals surface area contributed by atoms with Gasteiger partial charge in [0.05, 0.1) is 17.8 Å². The van der Waals surface area contributed by atoms with Crippen molar-refractivity contribution < 1.29 is 23.9 Å². The topological polar surface area (TPSA) is 84.9 Å². The molecule has 1 aliphatic heterocycles. The van der Waals surface area contributed by atoms with E-state index in [0.29, 0.717) is 27.8 Å². The van der Waals surface area contributed by atoms with Gasteiger partial charge in [0.25, 0.3) is 11.8 Å². The number of ether oxygens (including phenoxy) is 2. The number of anilines is 1. The molecule has 4 amide bonds. The summed E-state index contributed by atoms with van der Waals surface area (Å²) in [7, 11) is 1.45. The minimum atomic E-state index is -0.821. The Labute approximate surface area is 205 Å². The van der Waals surface area contributed by atoms with Crippen LogP contribution in [0.15, 0.2) is 72.3 Å². The normalized spacial score (nSPS) is 14.9. The Hall–Kier alpha value is -3.81. The highest BCUT2D eigenvalue weighted by atomic mass is 35.5. The summed E-state index contributed by atoms with van der Waals surface area (Å²) in [6.45, 7) is 0.201. The van der Waals surface area contributed by atoms with Gasteiger partial charge in [0.1, 0.15) is 12.2 Å². The summed E-state index contributed by atoms with van der Waals surface area (Å²) in [5, 5.41) is 2.98. The maximum absolute atomic E-state index is 13.0. The Bertz CT molecular complexity index is 1310. The van der Waals surface area contributed by atoms with E-state index in [4.69, 9.17) is 32.7 Å². The van der Waals surface area contributed by atoms with Gasteiger partial charge in [0.2, 0.25) is 0 Å². The summed E-state index contributed by atoms with van der Waals surface area (Å²) >= 11 is 12.5. The fourth-order valence-corrected chi connectivity index (χ4v) is 3.87. The first-order valence-corrected chi connectivity index (χ1v) is 10.8. The van der Waals surface area contributed by atoms with Crippen LogP contribution in [0.2, 0.25) is 10.0 Å². The van der Waals surface area contributed by atoms with Crippen molar-refractivity contribution in [2.75, 3.05) is 12.0 Å². The minimum Gasteiger partial charge on any atom is -0.493 e. The monoisotopic (exact) mass is 496 g/mol. The summed E-state index contributed by atoms with van der Waals surface area (Å²) < 4.78 is 11.3. The minimum absolute atomic E-state index is 0.201. The zero-order valence-electron chi connectivity index (χ0n) is 17.9. The smallest absolute Gasteiger partial charge is 0.335 e. The van der Waals surface area contributed by atoms with Gasteiger partial charge in [-0.05, 0) is 53.6 Å². The van der Waals surface area contributed by atoms with Gasteiger partial charge < -0.3 is 9.47 Å². The Morgan fingerprint density at radius 1 is 0.971 bits per heavy atom. The lowest BCUT2D eigenvalue weighted by Gasteiger charge is -2.26. The Morgan fingerprint density at radius 2 is 1.74 bits per heavy atom. The number of nitrogens with zero attached hydrogens (tertiary/aromatic N) is 1. The summed E-state index contributed by atoms with van der Waals surface area (Å²) in [4.78, 5) is 38.7. The van der Waals surface area contributed by atoms with Crippen molar-refractivity contribution >= 4 is 52.8 Å². The molecule has 3 aromatic rings. The molecule has 0 bridgehead atoms. The Kier molecular flexibility index (Phi) is 6.86. The molecular formula is C25H18Cl2N2O5.